The number of carbonyl (C=O) groups is 3. The first-order valence-corrected chi connectivity index (χ1v) is 8.62. The third-order valence-corrected chi connectivity index (χ3v) is 4.87. The van der Waals surface area contributed by atoms with Crippen molar-refractivity contribution >= 4 is 17.9 Å². The Morgan fingerprint density at radius 2 is 2.00 bits per heavy atom. The zero-order chi connectivity index (χ0) is 18.7. The van der Waals surface area contributed by atoms with Crippen LogP contribution in [0.25, 0.3) is 0 Å². The molecule has 0 bridgehead atoms. The molecule has 0 unspecified atom stereocenters. The molecule has 2 rings (SSSR count). The largest absolute Gasteiger partial charge is 0.466 e. The van der Waals surface area contributed by atoms with Crippen LogP contribution in [0, 0.1) is 11.8 Å². The molecule has 1 aliphatic heterocycles. The molecular formula is C19H26O6. The van der Waals surface area contributed by atoms with E-state index in [-0.39, 0.29) is 23.9 Å². The van der Waals surface area contributed by atoms with Crippen molar-refractivity contribution in [3.05, 3.63) is 23.3 Å². The second-order valence-electron chi connectivity index (χ2n) is 6.85. The lowest BCUT2D eigenvalue weighted by molar-refractivity contribution is -0.149. The van der Waals surface area contributed by atoms with Crippen LogP contribution in [-0.4, -0.2) is 36.7 Å². The Morgan fingerprint density at radius 3 is 2.60 bits per heavy atom. The topological polar surface area (TPSA) is 78.9 Å². The molecule has 0 aromatic carbocycles. The van der Waals surface area contributed by atoms with E-state index in [1.807, 2.05) is 6.92 Å². The van der Waals surface area contributed by atoms with Gasteiger partial charge in [0.2, 0.25) is 0 Å². The van der Waals surface area contributed by atoms with Gasteiger partial charge in [-0.05, 0) is 31.3 Å². The Balaban J connectivity index is 2.19. The number of carbonyl (C=O) groups excluding carboxylic acids is 3. The Hall–Kier alpha value is -2.11. The highest BCUT2D eigenvalue weighted by molar-refractivity contribution is 5.91. The summed E-state index contributed by atoms with van der Waals surface area (Å²) in [7, 11) is 0. The van der Waals surface area contributed by atoms with E-state index < -0.39 is 18.0 Å². The van der Waals surface area contributed by atoms with Gasteiger partial charge in [-0.25, -0.2) is 4.79 Å². The highest BCUT2D eigenvalue weighted by Gasteiger charge is 2.49. The molecule has 0 aromatic rings. The molecule has 0 spiro atoms. The fourth-order valence-electron chi connectivity index (χ4n) is 3.83. The predicted octanol–water partition coefficient (Wildman–Crippen LogP) is 2.72. The van der Waals surface area contributed by atoms with E-state index in [0.717, 1.165) is 24.0 Å². The molecule has 138 valence electrons. The summed E-state index contributed by atoms with van der Waals surface area (Å²) in [5.74, 6) is -1.30. The fraction of sp³-hybridized carbons (Fsp3) is 0.632. The van der Waals surface area contributed by atoms with Crippen LogP contribution in [-0.2, 0) is 28.6 Å². The van der Waals surface area contributed by atoms with E-state index in [4.69, 9.17) is 14.2 Å². The molecule has 6 nitrogen and oxygen atoms in total. The first kappa shape index (κ1) is 19.2. The van der Waals surface area contributed by atoms with Crippen molar-refractivity contribution in [3.63, 3.8) is 0 Å². The molecule has 0 radical (unpaired) electrons. The summed E-state index contributed by atoms with van der Waals surface area (Å²) < 4.78 is 16.0. The smallest absolute Gasteiger partial charge is 0.334 e. The van der Waals surface area contributed by atoms with Crippen molar-refractivity contribution in [3.8, 4) is 0 Å². The van der Waals surface area contributed by atoms with Gasteiger partial charge in [0.05, 0.1) is 12.5 Å². The molecule has 1 saturated heterocycles. The third-order valence-electron chi connectivity index (χ3n) is 4.87. The number of hydrogen-bond donors (Lipinski definition) is 0. The van der Waals surface area contributed by atoms with Gasteiger partial charge in [-0.15, -0.1) is 0 Å². The number of fused-ring (bicyclic) bond motifs is 1. The van der Waals surface area contributed by atoms with Crippen LogP contribution in [0.3, 0.4) is 0 Å². The summed E-state index contributed by atoms with van der Waals surface area (Å²) in [5, 5.41) is 0. The molecule has 0 saturated carbocycles. The van der Waals surface area contributed by atoms with Gasteiger partial charge in [0.15, 0.2) is 0 Å². The average Bonchev–Trinajstić information content (AvgIpc) is 2.77. The van der Waals surface area contributed by atoms with Crippen molar-refractivity contribution in [1.29, 1.82) is 0 Å². The summed E-state index contributed by atoms with van der Waals surface area (Å²) in [5.41, 5.74) is 2.47. The summed E-state index contributed by atoms with van der Waals surface area (Å²) in [6.45, 7) is 11.0. The molecule has 1 fully saturated rings. The van der Waals surface area contributed by atoms with Gasteiger partial charge in [-0.3, -0.25) is 9.59 Å². The molecule has 25 heavy (non-hydrogen) atoms. The van der Waals surface area contributed by atoms with E-state index in [9.17, 15) is 14.4 Å². The van der Waals surface area contributed by atoms with Gasteiger partial charge in [0.1, 0.15) is 12.2 Å². The van der Waals surface area contributed by atoms with Gasteiger partial charge >= 0.3 is 17.9 Å². The SMILES string of the molecule is C=C1C(=O)O[C@H]2CC(C)=C([C@H](C)CCCOC(C)=O)[C@H](OC(C)=O)[C@@H]12. The molecule has 4 atom stereocenters. The van der Waals surface area contributed by atoms with Crippen LogP contribution in [0.1, 0.15) is 47.0 Å². The van der Waals surface area contributed by atoms with Gasteiger partial charge in [0, 0.05) is 25.8 Å². The lowest BCUT2D eigenvalue weighted by atomic mass is 9.73. The van der Waals surface area contributed by atoms with Crippen molar-refractivity contribution < 1.29 is 28.6 Å². The second-order valence-corrected chi connectivity index (χ2v) is 6.85. The summed E-state index contributed by atoms with van der Waals surface area (Å²) in [6, 6.07) is 0. The van der Waals surface area contributed by atoms with Gasteiger partial charge in [0.25, 0.3) is 0 Å². The summed E-state index contributed by atoms with van der Waals surface area (Å²) in [6.07, 6.45) is 1.28. The van der Waals surface area contributed by atoms with E-state index in [2.05, 4.69) is 13.5 Å². The normalized spacial score (nSPS) is 26.8. The third kappa shape index (κ3) is 4.30. The van der Waals surface area contributed by atoms with E-state index in [1.165, 1.54) is 13.8 Å². The Kier molecular flexibility index (Phi) is 6.03. The van der Waals surface area contributed by atoms with E-state index in [0.29, 0.717) is 18.6 Å². The Bertz CT molecular complexity index is 617. The molecule has 0 aromatic heterocycles. The first-order valence-electron chi connectivity index (χ1n) is 8.62. The summed E-state index contributed by atoms with van der Waals surface area (Å²) in [4.78, 5) is 34.4. The van der Waals surface area contributed by atoms with Crippen LogP contribution in [0.4, 0.5) is 0 Å². The maximum absolute atomic E-state index is 11.9. The molecule has 1 aliphatic carbocycles. The van der Waals surface area contributed by atoms with Crippen molar-refractivity contribution in [2.24, 2.45) is 11.8 Å². The quantitative estimate of drug-likeness (QED) is 0.241. The van der Waals surface area contributed by atoms with Crippen LogP contribution in [0.15, 0.2) is 23.3 Å². The summed E-state index contributed by atoms with van der Waals surface area (Å²) >= 11 is 0. The highest BCUT2D eigenvalue weighted by atomic mass is 16.6. The van der Waals surface area contributed by atoms with Crippen molar-refractivity contribution in [2.45, 2.75) is 59.2 Å². The Labute approximate surface area is 148 Å². The number of ether oxygens (including phenoxy) is 3. The maximum atomic E-state index is 11.9. The van der Waals surface area contributed by atoms with Crippen LogP contribution >= 0.6 is 0 Å². The van der Waals surface area contributed by atoms with E-state index in [1.54, 1.807) is 0 Å². The molecule has 0 N–H and O–H groups in total. The molecule has 1 heterocycles. The minimum absolute atomic E-state index is 0.129. The highest BCUT2D eigenvalue weighted by Crippen LogP contribution is 2.45. The second kappa shape index (κ2) is 7.85. The zero-order valence-corrected chi connectivity index (χ0v) is 15.3. The van der Waals surface area contributed by atoms with Crippen LogP contribution < -0.4 is 0 Å². The molecular weight excluding hydrogens is 324 g/mol. The number of rotatable bonds is 6. The maximum Gasteiger partial charge on any atom is 0.334 e. The molecule has 6 heteroatoms. The van der Waals surface area contributed by atoms with E-state index >= 15 is 0 Å². The lowest BCUT2D eigenvalue weighted by Crippen LogP contribution is -2.40. The fourth-order valence-corrected chi connectivity index (χ4v) is 3.83. The van der Waals surface area contributed by atoms with Crippen LogP contribution in [0.2, 0.25) is 0 Å². The van der Waals surface area contributed by atoms with Gasteiger partial charge in [-0.2, -0.15) is 0 Å². The monoisotopic (exact) mass is 350 g/mol. The lowest BCUT2D eigenvalue weighted by Gasteiger charge is -2.37. The van der Waals surface area contributed by atoms with Crippen molar-refractivity contribution in [2.75, 3.05) is 6.61 Å². The average molecular weight is 350 g/mol. The zero-order valence-electron chi connectivity index (χ0n) is 15.3. The number of esters is 3. The molecule has 2 aliphatic rings. The minimum Gasteiger partial charge on any atom is -0.466 e. The van der Waals surface area contributed by atoms with Gasteiger partial charge in [-0.1, -0.05) is 19.1 Å². The van der Waals surface area contributed by atoms with Crippen molar-refractivity contribution in [1.82, 2.24) is 0 Å². The first-order chi connectivity index (χ1) is 11.7. The predicted molar refractivity (Wildman–Crippen MR) is 90.4 cm³/mol. The van der Waals surface area contributed by atoms with Crippen LogP contribution in [0.5, 0.6) is 0 Å². The number of hydrogen-bond acceptors (Lipinski definition) is 6. The molecule has 0 amide bonds. The minimum atomic E-state index is -0.529. The standard InChI is InChI=1S/C19H26O6/c1-10(7-6-8-23-13(4)20)16-11(2)9-15-17(12(3)19(22)25-15)18(16)24-14(5)21/h10,15,17-18H,3,6-9H2,1-2,4-5H3/t10-,15+,17+,18+/m1/s1. The Morgan fingerprint density at radius 1 is 1.32 bits per heavy atom. The van der Waals surface area contributed by atoms with Gasteiger partial charge < -0.3 is 14.2 Å².